The molecule has 0 aliphatic carbocycles. The van der Waals surface area contributed by atoms with E-state index in [4.69, 9.17) is 4.74 Å². The van der Waals surface area contributed by atoms with Crippen LogP contribution in [0.3, 0.4) is 0 Å². The molecule has 1 aliphatic rings. The lowest BCUT2D eigenvalue weighted by molar-refractivity contribution is 0.340. The van der Waals surface area contributed by atoms with Gasteiger partial charge in [0.25, 0.3) is 0 Å². The van der Waals surface area contributed by atoms with Crippen molar-refractivity contribution in [1.82, 2.24) is 0 Å². The van der Waals surface area contributed by atoms with Gasteiger partial charge in [0.05, 0.1) is 6.61 Å². The first-order valence-corrected chi connectivity index (χ1v) is 5.01. The van der Waals surface area contributed by atoms with Crippen LogP contribution in [0.2, 0.25) is 0 Å². The van der Waals surface area contributed by atoms with Crippen LogP contribution in [0.15, 0.2) is 24.3 Å². The average molecular weight is 189 g/mol. The lowest BCUT2D eigenvalue weighted by atomic mass is 10.1. The van der Waals surface area contributed by atoms with E-state index in [9.17, 15) is 0 Å². The summed E-state index contributed by atoms with van der Waals surface area (Å²) in [5.74, 6) is 0.937. The van der Waals surface area contributed by atoms with E-state index < -0.39 is 0 Å². The standard InChI is InChI=1S/C12H15NO/c1-3-14-11-6-7-12-10(8-11)5-4-9(2)13-12/h4-9,13H,3H2,1-2H3. The highest BCUT2D eigenvalue weighted by Gasteiger charge is 2.08. The zero-order valence-electron chi connectivity index (χ0n) is 8.58. The molecule has 0 spiro atoms. The van der Waals surface area contributed by atoms with Gasteiger partial charge in [0.1, 0.15) is 5.75 Å². The van der Waals surface area contributed by atoms with Gasteiger partial charge in [0.2, 0.25) is 0 Å². The van der Waals surface area contributed by atoms with Gasteiger partial charge in [-0.25, -0.2) is 0 Å². The molecule has 1 aromatic rings. The van der Waals surface area contributed by atoms with E-state index in [-0.39, 0.29) is 0 Å². The number of anilines is 1. The van der Waals surface area contributed by atoms with Crippen molar-refractivity contribution < 1.29 is 4.74 Å². The highest BCUT2D eigenvalue weighted by Crippen LogP contribution is 2.27. The van der Waals surface area contributed by atoms with Crippen molar-refractivity contribution in [1.29, 1.82) is 0 Å². The van der Waals surface area contributed by atoms with Crippen LogP contribution in [-0.2, 0) is 0 Å². The summed E-state index contributed by atoms with van der Waals surface area (Å²) in [6, 6.07) is 6.55. The summed E-state index contributed by atoms with van der Waals surface area (Å²) in [5, 5.41) is 3.39. The van der Waals surface area contributed by atoms with Crippen molar-refractivity contribution >= 4 is 11.8 Å². The Labute approximate surface area is 84.6 Å². The SMILES string of the molecule is CCOc1ccc2c(c1)C=CC(C)N2. The van der Waals surface area contributed by atoms with E-state index in [2.05, 4.69) is 36.5 Å². The van der Waals surface area contributed by atoms with Gasteiger partial charge in [-0.3, -0.25) is 0 Å². The van der Waals surface area contributed by atoms with Gasteiger partial charge in [-0.15, -0.1) is 0 Å². The largest absolute Gasteiger partial charge is 0.494 e. The van der Waals surface area contributed by atoms with Gasteiger partial charge < -0.3 is 10.1 Å². The minimum Gasteiger partial charge on any atom is -0.494 e. The summed E-state index contributed by atoms with van der Waals surface area (Å²) in [5.41, 5.74) is 2.39. The molecule has 0 fully saturated rings. The van der Waals surface area contributed by atoms with E-state index in [0.29, 0.717) is 12.6 Å². The molecule has 0 aromatic heterocycles. The summed E-state index contributed by atoms with van der Waals surface area (Å²) in [7, 11) is 0. The number of nitrogens with one attached hydrogen (secondary N) is 1. The van der Waals surface area contributed by atoms with Gasteiger partial charge in [0.15, 0.2) is 0 Å². The van der Waals surface area contributed by atoms with Crippen molar-refractivity contribution in [3.05, 3.63) is 29.8 Å². The smallest absolute Gasteiger partial charge is 0.120 e. The third-order valence-corrected chi connectivity index (χ3v) is 2.28. The average Bonchev–Trinajstić information content (AvgIpc) is 2.19. The fraction of sp³-hybridized carbons (Fsp3) is 0.333. The second-order valence-corrected chi connectivity index (χ2v) is 3.47. The molecule has 1 atom stereocenters. The Kier molecular flexibility index (Phi) is 2.44. The Balaban J connectivity index is 2.29. The topological polar surface area (TPSA) is 21.3 Å². The van der Waals surface area contributed by atoms with Crippen LogP contribution in [0.1, 0.15) is 19.4 Å². The Hall–Kier alpha value is -1.44. The molecule has 0 radical (unpaired) electrons. The predicted octanol–water partition coefficient (Wildman–Crippen LogP) is 2.91. The van der Waals surface area contributed by atoms with Crippen molar-refractivity contribution in [2.24, 2.45) is 0 Å². The highest BCUT2D eigenvalue weighted by molar-refractivity contribution is 5.72. The van der Waals surface area contributed by atoms with E-state index in [1.54, 1.807) is 0 Å². The van der Waals surface area contributed by atoms with Crippen LogP contribution >= 0.6 is 0 Å². The summed E-state index contributed by atoms with van der Waals surface area (Å²) in [6.07, 6.45) is 4.29. The fourth-order valence-corrected chi connectivity index (χ4v) is 1.61. The zero-order valence-corrected chi connectivity index (χ0v) is 8.58. The predicted molar refractivity (Wildman–Crippen MR) is 59.7 cm³/mol. The lowest BCUT2D eigenvalue weighted by Crippen LogP contribution is -2.15. The molecule has 2 rings (SSSR count). The Morgan fingerprint density at radius 1 is 1.43 bits per heavy atom. The van der Waals surface area contributed by atoms with Crippen LogP contribution < -0.4 is 10.1 Å². The molecule has 14 heavy (non-hydrogen) atoms. The summed E-state index contributed by atoms with van der Waals surface area (Å²) < 4.78 is 5.44. The Morgan fingerprint density at radius 2 is 2.29 bits per heavy atom. The van der Waals surface area contributed by atoms with E-state index in [1.807, 2.05) is 13.0 Å². The van der Waals surface area contributed by atoms with Gasteiger partial charge in [-0.2, -0.15) is 0 Å². The van der Waals surface area contributed by atoms with Gasteiger partial charge in [-0.05, 0) is 32.0 Å². The zero-order chi connectivity index (χ0) is 9.97. The van der Waals surface area contributed by atoms with Crippen molar-refractivity contribution in [3.63, 3.8) is 0 Å². The molecule has 74 valence electrons. The molecule has 0 saturated heterocycles. The number of rotatable bonds is 2. The molecule has 1 heterocycles. The number of hydrogen-bond donors (Lipinski definition) is 1. The minimum absolute atomic E-state index is 0.417. The number of fused-ring (bicyclic) bond motifs is 1. The summed E-state index contributed by atoms with van der Waals surface area (Å²) in [4.78, 5) is 0. The maximum Gasteiger partial charge on any atom is 0.120 e. The highest BCUT2D eigenvalue weighted by atomic mass is 16.5. The van der Waals surface area contributed by atoms with E-state index in [1.165, 1.54) is 11.3 Å². The minimum atomic E-state index is 0.417. The molecule has 0 saturated carbocycles. The van der Waals surface area contributed by atoms with Crippen LogP contribution in [0, 0.1) is 0 Å². The summed E-state index contributed by atoms with van der Waals surface area (Å²) >= 11 is 0. The number of ether oxygens (including phenoxy) is 1. The fourth-order valence-electron chi connectivity index (χ4n) is 1.61. The number of hydrogen-bond acceptors (Lipinski definition) is 2. The van der Waals surface area contributed by atoms with Crippen LogP contribution in [0.25, 0.3) is 6.08 Å². The third kappa shape index (κ3) is 1.74. The molecule has 0 amide bonds. The second kappa shape index (κ2) is 3.74. The van der Waals surface area contributed by atoms with Crippen LogP contribution in [0.5, 0.6) is 5.75 Å². The molecule has 1 N–H and O–H groups in total. The molecule has 1 aromatic carbocycles. The molecule has 2 heteroatoms. The Bertz CT molecular complexity index is 357. The molecule has 0 bridgehead atoms. The Morgan fingerprint density at radius 3 is 3.07 bits per heavy atom. The first-order valence-electron chi connectivity index (χ1n) is 5.01. The summed E-state index contributed by atoms with van der Waals surface area (Å²) in [6.45, 7) is 4.85. The van der Waals surface area contributed by atoms with Gasteiger partial charge in [0, 0.05) is 17.3 Å². The lowest BCUT2D eigenvalue weighted by Gasteiger charge is -2.19. The maximum absolute atomic E-state index is 5.44. The van der Waals surface area contributed by atoms with Gasteiger partial charge >= 0.3 is 0 Å². The van der Waals surface area contributed by atoms with Crippen molar-refractivity contribution in [3.8, 4) is 5.75 Å². The van der Waals surface area contributed by atoms with Crippen LogP contribution in [0.4, 0.5) is 5.69 Å². The quantitative estimate of drug-likeness (QED) is 0.772. The molecule has 2 nitrogen and oxygen atoms in total. The normalized spacial score (nSPS) is 18.6. The van der Waals surface area contributed by atoms with Crippen LogP contribution in [-0.4, -0.2) is 12.6 Å². The van der Waals surface area contributed by atoms with Gasteiger partial charge in [-0.1, -0.05) is 12.2 Å². The first kappa shape index (κ1) is 9.13. The molecular weight excluding hydrogens is 174 g/mol. The maximum atomic E-state index is 5.44. The van der Waals surface area contributed by atoms with Crippen molar-refractivity contribution in [2.45, 2.75) is 19.9 Å². The monoisotopic (exact) mass is 189 g/mol. The second-order valence-electron chi connectivity index (χ2n) is 3.47. The molecule has 1 aliphatic heterocycles. The third-order valence-electron chi connectivity index (χ3n) is 2.28. The van der Waals surface area contributed by atoms with E-state index >= 15 is 0 Å². The van der Waals surface area contributed by atoms with Crippen molar-refractivity contribution in [2.75, 3.05) is 11.9 Å². The molecular formula is C12H15NO. The first-order chi connectivity index (χ1) is 6.79. The number of benzene rings is 1. The molecule has 1 unspecified atom stereocenters. The van der Waals surface area contributed by atoms with E-state index in [0.717, 1.165) is 5.75 Å².